The molecular formula is C22H22N4O. The lowest BCUT2D eigenvalue weighted by Crippen LogP contribution is -2.38. The second kappa shape index (κ2) is 6.93. The third-order valence-electron chi connectivity index (χ3n) is 5.22. The van der Waals surface area contributed by atoms with E-state index in [0.717, 1.165) is 43.4 Å². The lowest BCUT2D eigenvalue weighted by molar-refractivity contribution is 0.0398. The lowest BCUT2D eigenvalue weighted by Gasteiger charge is -2.35. The molecule has 5 rings (SSSR count). The van der Waals surface area contributed by atoms with Gasteiger partial charge in [0.25, 0.3) is 0 Å². The summed E-state index contributed by atoms with van der Waals surface area (Å²) in [6.45, 7) is 3.26. The van der Waals surface area contributed by atoms with E-state index >= 15 is 0 Å². The fourth-order valence-corrected chi connectivity index (χ4v) is 3.75. The number of rotatable bonds is 2. The highest BCUT2D eigenvalue weighted by molar-refractivity contribution is 5.79. The van der Waals surface area contributed by atoms with Crippen molar-refractivity contribution >= 4 is 22.9 Å². The van der Waals surface area contributed by atoms with Crippen LogP contribution < -0.4 is 15.5 Å². The Morgan fingerprint density at radius 2 is 1.93 bits per heavy atom. The van der Waals surface area contributed by atoms with Gasteiger partial charge >= 0.3 is 0 Å². The van der Waals surface area contributed by atoms with Crippen LogP contribution in [0.4, 0.5) is 22.9 Å². The number of pyridine rings is 1. The zero-order chi connectivity index (χ0) is 18.1. The molecule has 2 aliphatic rings. The van der Waals surface area contributed by atoms with E-state index < -0.39 is 0 Å². The molecule has 5 heteroatoms. The van der Waals surface area contributed by atoms with Crippen molar-refractivity contribution in [3.05, 3.63) is 78.0 Å². The van der Waals surface area contributed by atoms with Gasteiger partial charge in [-0.05, 0) is 29.8 Å². The van der Waals surface area contributed by atoms with Gasteiger partial charge in [-0.15, -0.1) is 0 Å². The molecular weight excluding hydrogens is 336 g/mol. The first-order chi connectivity index (χ1) is 13.4. The molecule has 1 saturated heterocycles. The number of fused-ring (bicyclic) bond motifs is 2. The van der Waals surface area contributed by atoms with Crippen molar-refractivity contribution in [1.82, 2.24) is 4.98 Å². The number of aromatic nitrogens is 1. The summed E-state index contributed by atoms with van der Waals surface area (Å²) >= 11 is 0. The van der Waals surface area contributed by atoms with Gasteiger partial charge in [0, 0.05) is 37.1 Å². The molecule has 0 unspecified atom stereocenters. The quantitative estimate of drug-likeness (QED) is 0.714. The second-order valence-electron chi connectivity index (χ2n) is 6.94. The second-order valence-corrected chi connectivity index (χ2v) is 6.94. The fourth-order valence-electron chi connectivity index (χ4n) is 3.75. The van der Waals surface area contributed by atoms with Gasteiger partial charge in [-0.2, -0.15) is 0 Å². The molecule has 27 heavy (non-hydrogen) atoms. The van der Waals surface area contributed by atoms with Gasteiger partial charge in [0.05, 0.1) is 18.0 Å². The molecule has 1 atom stereocenters. The van der Waals surface area contributed by atoms with Crippen LogP contribution >= 0.6 is 0 Å². The van der Waals surface area contributed by atoms with E-state index in [0.29, 0.717) is 0 Å². The lowest BCUT2D eigenvalue weighted by atomic mass is 10.1. The van der Waals surface area contributed by atoms with Crippen LogP contribution in [0.2, 0.25) is 0 Å². The molecule has 136 valence electrons. The summed E-state index contributed by atoms with van der Waals surface area (Å²) in [6.07, 6.45) is 1.93. The molecule has 2 N–H and O–H groups in total. The maximum absolute atomic E-state index is 6.01. The Bertz CT molecular complexity index is 944. The number of ether oxygens (including phenoxy) is 1. The van der Waals surface area contributed by atoms with Gasteiger partial charge in [-0.1, -0.05) is 36.4 Å². The summed E-state index contributed by atoms with van der Waals surface area (Å²) in [5, 5.41) is 6.99. The van der Waals surface area contributed by atoms with Gasteiger partial charge in [0.1, 0.15) is 11.9 Å². The van der Waals surface area contributed by atoms with Gasteiger partial charge < -0.3 is 20.3 Å². The fraction of sp³-hybridized carbons (Fsp3) is 0.227. The van der Waals surface area contributed by atoms with Gasteiger partial charge in [-0.3, -0.25) is 0 Å². The Morgan fingerprint density at radius 1 is 1.00 bits per heavy atom. The third-order valence-corrected chi connectivity index (χ3v) is 5.22. The van der Waals surface area contributed by atoms with Crippen LogP contribution in [-0.4, -0.2) is 24.7 Å². The minimum atomic E-state index is 0.110. The largest absolute Gasteiger partial charge is 0.379 e. The van der Waals surface area contributed by atoms with E-state index in [1.165, 1.54) is 16.8 Å². The Kier molecular flexibility index (Phi) is 4.14. The summed E-state index contributed by atoms with van der Waals surface area (Å²) in [6, 6.07) is 21.1. The van der Waals surface area contributed by atoms with Crippen LogP contribution in [-0.2, 0) is 11.3 Å². The predicted molar refractivity (Wildman–Crippen MR) is 109 cm³/mol. The van der Waals surface area contributed by atoms with Crippen molar-refractivity contribution in [1.29, 1.82) is 0 Å². The summed E-state index contributed by atoms with van der Waals surface area (Å²) in [5.41, 5.74) is 5.78. The highest BCUT2D eigenvalue weighted by atomic mass is 16.5. The van der Waals surface area contributed by atoms with E-state index in [1.807, 2.05) is 18.3 Å². The number of benzene rings is 2. The summed E-state index contributed by atoms with van der Waals surface area (Å²) in [4.78, 5) is 6.86. The van der Waals surface area contributed by atoms with Gasteiger partial charge in [0.2, 0.25) is 0 Å². The molecule has 0 amide bonds. The zero-order valence-electron chi connectivity index (χ0n) is 15.1. The maximum Gasteiger partial charge on any atom is 0.135 e. The molecule has 0 bridgehead atoms. The van der Waals surface area contributed by atoms with Gasteiger partial charge in [0.15, 0.2) is 0 Å². The SMILES string of the molecule is c1ccc([C@H]2CN(c3ccc4c(c3)NCc3cccnc3N4)CCO2)cc1. The Balaban J connectivity index is 1.39. The van der Waals surface area contributed by atoms with Crippen molar-refractivity contribution in [2.24, 2.45) is 0 Å². The molecule has 1 fully saturated rings. The summed E-state index contributed by atoms with van der Waals surface area (Å²) < 4.78 is 6.01. The molecule has 2 aromatic carbocycles. The number of hydrogen-bond donors (Lipinski definition) is 2. The molecule has 2 aliphatic heterocycles. The highest BCUT2D eigenvalue weighted by Crippen LogP contribution is 2.35. The van der Waals surface area contributed by atoms with Crippen LogP contribution in [0.3, 0.4) is 0 Å². The Morgan fingerprint density at radius 3 is 2.85 bits per heavy atom. The zero-order valence-corrected chi connectivity index (χ0v) is 15.1. The molecule has 0 saturated carbocycles. The van der Waals surface area contributed by atoms with Gasteiger partial charge in [-0.25, -0.2) is 4.98 Å². The normalized spacial score (nSPS) is 18.5. The average molecular weight is 358 g/mol. The van der Waals surface area contributed by atoms with E-state index in [4.69, 9.17) is 4.74 Å². The standard InChI is InChI=1S/C22H22N4O/c1-2-5-16(6-3-1)21-15-26(11-12-27-21)18-8-9-19-20(13-18)24-14-17-7-4-10-23-22(17)25-19/h1-10,13,21,24H,11-12,14-15H2,(H,23,25)/t21-/m1/s1. The number of morpholine rings is 1. The number of hydrogen-bond acceptors (Lipinski definition) is 5. The summed E-state index contributed by atoms with van der Waals surface area (Å²) in [7, 11) is 0. The van der Waals surface area contributed by atoms with E-state index in [1.54, 1.807) is 0 Å². The molecule has 1 aromatic heterocycles. The van der Waals surface area contributed by atoms with Crippen LogP contribution in [0.1, 0.15) is 17.2 Å². The first-order valence-corrected chi connectivity index (χ1v) is 9.37. The van der Waals surface area contributed by atoms with Crippen LogP contribution in [0.25, 0.3) is 0 Å². The predicted octanol–water partition coefficient (Wildman–Crippen LogP) is 4.33. The molecule has 3 aromatic rings. The number of nitrogens with one attached hydrogen (secondary N) is 2. The highest BCUT2D eigenvalue weighted by Gasteiger charge is 2.23. The van der Waals surface area contributed by atoms with E-state index in [-0.39, 0.29) is 6.10 Å². The molecule has 0 aliphatic carbocycles. The van der Waals surface area contributed by atoms with Crippen molar-refractivity contribution < 1.29 is 4.74 Å². The van der Waals surface area contributed by atoms with Crippen molar-refractivity contribution in [2.45, 2.75) is 12.6 Å². The number of nitrogens with zero attached hydrogens (tertiary/aromatic N) is 2. The third kappa shape index (κ3) is 3.22. The molecule has 3 heterocycles. The Hall–Kier alpha value is -3.05. The minimum absolute atomic E-state index is 0.110. The Labute approximate surface area is 159 Å². The topological polar surface area (TPSA) is 49.4 Å². The first-order valence-electron chi connectivity index (χ1n) is 9.37. The number of anilines is 4. The minimum Gasteiger partial charge on any atom is -0.379 e. The van der Waals surface area contributed by atoms with Crippen molar-refractivity contribution in [3.8, 4) is 0 Å². The van der Waals surface area contributed by atoms with Crippen molar-refractivity contribution in [3.63, 3.8) is 0 Å². The van der Waals surface area contributed by atoms with Crippen LogP contribution in [0, 0.1) is 0 Å². The summed E-state index contributed by atoms with van der Waals surface area (Å²) in [5.74, 6) is 0.923. The van der Waals surface area contributed by atoms with E-state index in [2.05, 4.69) is 69.0 Å². The smallest absolute Gasteiger partial charge is 0.135 e. The monoisotopic (exact) mass is 358 g/mol. The van der Waals surface area contributed by atoms with Crippen LogP contribution in [0.15, 0.2) is 66.9 Å². The molecule has 5 nitrogen and oxygen atoms in total. The van der Waals surface area contributed by atoms with E-state index in [9.17, 15) is 0 Å². The molecule has 0 spiro atoms. The van der Waals surface area contributed by atoms with Crippen molar-refractivity contribution in [2.75, 3.05) is 35.2 Å². The maximum atomic E-state index is 6.01. The van der Waals surface area contributed by atoms with Crippen LogP contribution in [0.5, 0.6) is 0 Å². The molecule has 0 radical (unpaired) electrons. The average Bonchev–Trinajstić information content (AvgIpc) is 2.93. The first kappa shape index (κ1) is 16.1.